The predicted molar refractivity (Wildman–Crippen MR) is 110 cm³/mol. The van der Waals surface area contributed by atoms with Crippen LogP contribution in [0.25, 0.3) is 0 Å². The van der Waals surface area contributed by atoms with Gasteiger partial charge in [0.15, 0.2) is 6.10 Å². The number of sulfonamides is 1. The number of hydrogen-bond acceptors (Lipinski definition) is 5. The molecule has 1 aromatic rings. The van der Waals surface area contributed by atoms with Crippen LogP contribution in [0.15, 0.2) is 24.3 Å². The number of nitrogens with zero attached hydrogens (tertiary/aromatic N) is 1. The number of amides is 1. The topological polar surface area (TPSA) is 84.9 Å². The molecule has 0 aromatic heterocycles. The molecule has 0 bridgehead atoms. The Labute approximate surface area is 168 Å². The maximum absolute atomic E-state index is 12.2. The van der Waals surface area contributed by atoms with Gasteiger partial charge >= 0.3 is 0 Å². The summed E-state index contributed by atoms with van der Waals surface area (Å²) in [5, 5.41) is 2.86. The lowest BCUT2D eigenvalue weighted by atomic mass is 9.98. The molecule has 0 radical (unpaired) electrons. The first-order valence-corrected chi connectivity index (χ1v) is 11.7. The smallest absolute Gasteiger partial charge is 0.260 e. The van der Waals surface area contributed by atoms with E-state index in [1.54, 1.807) is 31.2 Å². The fraction of sp³-hybridized carbons (Fsp3) is 0.650. The summed E-state index contributed by atoms with van der Waals surface area (Å²) in [5.74, 6) is 0.323. The molecule has 7 nitrogen and oxygen atoms in total. The molecule has 28 heavy (non-hydrogen) atoms. The van der Waals surface area contributed by atoms with Crippen molar-refractivity contribution in [2.24, 2.45) is 0 Å². The summed E-state index contributed by atoms with van der Waals surface area (Å²) in [6, 6.07) is 6.59. The minimum absolute atomic E-state index is 0.185. The quantitative estimate of drug-likeness (QED) is 0.597. The second-order valence-electron chi connectivity index (χ2n) is 7.26. The van der Waals surface area contributed by atoms with E-state index in [9.17, 15) is 13.2 Å². The van der Waals surface area contributed by atoms with Crippen molar-refractivity contribution in [3.8, 4) is 5.75 Å². The van der Waals surface area contributed by atoms with E-state index in [1.807, 2.05) is 0 Å². The van der Waals surface area contributed by atoms with Gasteiger partial charge in [0.05, 0.1) is 18.0 Å². The number of carbonyl (C=O) groups excluding carboxylic acids is 1. The average molecular weight is 413 g/mol. The van der Waals surface area contributed by atoms with Crippen LogP contribution in [0.1, 0.15) is 45.4 Å². The van der Waals surface area contributed by atoms with Gasteiger partial charge in [-0.15, -0.1) is 0 Å². The molecule has 158 valence electrons. The van der Waals surface area contributed by atoms with Crippen molar-refractivity contribution in [2.45, 2.75) is 57.7 Å². The van der Waals surface area contributed by atoms with E-state index >= 15 is 0 Å². The number of benzene rings is 1. The Kier molecular flexibility index (Phi) is 8.57. The molecule has 1 atom stereocenters. The number of carbonyl (C=O) groups is 1. The predicted octanol–water partition coefficient (Wildman–Crippen LogP) is 2.71. The van der Waals surface area contributed by atoms with E-state index in [-0.39, 0.29) is 5.91 Å². The van der Waals surface area contributed by atoms with E-state index in [2.05, 4.69) is 5.32 Å². The molecule has 1 amide bonds. The summed E-state index contributed by atoms with van der Waals surface area (Å²) in [4.78, 5) is 12.2. The van der Waals surface area contributed by atoms with Crippen molar-refractivity contribution in [1.82, 2.24) is 5.32 Å². The molecule has 2 rings (SSSR count). The third kappa shape index (κ3) is 7.31. The van der Waals surface area contributed by atoms with Crippen molar-refractivity contribution in [2.75, 3.05) is 30.8 Å². The first-order valence-electron chi connectivity index (χ1n) is 9.87. The highest BCUT2D eigenvalue weighted by molar-refractivity contribution is 7.92. The van der Waals surface area contributed by atoms with Crippen molar-refractivity contribution < 1.29 is 22.7 Å². The molecule has 0 saturated heterocycles. The Hall–Kier alpha value is -1.80. The van der Waals surface area contributed by atoms with Crippen LogP contribution in [0.4, 0.5) is 5.69 Å². The summed E-state index contributed by atoms with van der Waals surface area (Å²) < 4.78 is 35.8. The van der Waals surface area contributed by atoms with Crippen molar-refractivity contribution in [3.05, 3.63) is 24.3 Å². The fourth-order valence-corrected chi connectivity index (χ4v) is 3.60. The highest BCUT2D eigenvalue weighted by atomic mass is 32.2. The van der Waals surface area contributed by atoms with E-state index in [1.165, 1.54) is 30.6 Å². The second-order valence-corrected chi connectivity index (χ2v) is 9.27. The molecule has 1 N–H and O–H groups in total. The van der Waals surface area contributed by atoms with E-state index in [4.69, 9.17) is 9.47 Å². The van der Waals surface area contributed by atoms with Gasteiger partial charge in [0.1, 0.15) is 5.75 Å². The lowest BCUT2D eigenvalue weighted by Crippen LogP contribution is -2.37. The zero-order chi connectivity index (χ0) is 20.6. The Morgan fingerprint density at radius 1 is 1.21 bits per heavy atom. The van der Waals surface area contributed by atoms with E-state index in [0.29, 0.717) is 30.7 Å². The van der Waals surface area contributed by atoms with Gasteiger partial charge in [-0.2, -0.15) is 0 Å². The molecular weight excluding hydrogens is 380 g/mol. The van der Waals surface area contributed by atoms with Gasteiger partial charge in [-0.3, -0.25) is 9.10 Å². The number of nitrogens with one attached hydrogen (secondary N) is 1. The van der Waals surface area contributed by atoms with Crippen LogP contribution in [-0.4, -0.2) is 53.0 Å². The first-order chi connectivity index (χ1) is 13.3. The molecule has 1 aromatic carbocycles. The highest BCUT2D eigenvalue weighted by Crippen LogP contribution is 2.21. The lowest BCUT2D eigenvalue weighted by molar-refractivity contribution is -0.127. The number of hydrogen-bond donors (Lipinski definition) is 1. The SMILES string of the molecule is C[C@H](Oc1ccc(N(C)S(C)(=O)=O)cc1)C(=O)NCCCOC1CCCCC1. The molecule has 1 aliphatic carbocycles. The molecule has 0 unspecified atom stereocenters. The molecule has 8 heteroatoms. The Morgan fingerprint density at radius 3 is 2.46 bits per heavy atom. The van der Waals surface area contributed by atoms with E-state index < -0.39 is 16.1 Å². The van der Waals surface area contributed by atoms with Crippen LogP contribution >= 0.6 is 0 Å². The van der Waals surface area contributed by atoms with Crippen molar-refractivity contribution in [1.29, 1.82) is 0 Å². The van der Waals surface area contributed by atoms with Crippen LogP contribution in [0.3, 0.4) is 0 Å². The van der Waals surface area contributed by atoms with Crippen LogP contribution in [0, 0.1) is 0 Å². The Morgan fingerprint density at radius 2 is 1.86 bits per heavy atom. The van der Waals surface area contributed by atoms with E-state index in [0.717, 1.165) is 25.5 Å². The van der Waals surface area contributed by atoms with Crippen LogP contribution in [0.2, 0.25) is 0 Å². The summed E-state index contributed by atoms with van der Waals surface area (Å²) in [7, 11) is -1.82. The lowest BCUT2D eigenvalue weighted by Gasteiger charge is -2.22. The zero-order valence-electron chi connectivity index (χ0n) is 17.0. The Balaban J connectivity index is 1.68. The summed E-state index contributed by atoms with van der Waals surface area (Å²) in [6.07, 6.45) is 7.78. The maximum Gasteiger partial charge on any atom is 0.260 e. The molecule has 0 spiro atoms. The Bertz CT molecular complexity index is 715. The van der Waals surface area contributed by atoms with Gasteiger partial charge in [0.25, 0.3) is 5.91 Å². The average Bonchev–Trinajstić information content (AvgIpc) is 2.67. The fourth-order valence-electron chi connectivity index (χ4n) is 3.09. The summed E-state index contributed by atoms with van der Waals surface area (Å²) >= 11 is 0. The van der Waals surface area contributed by atoms with Gasteiger partial charge in [0.2, 0.25) is 10.0 Å². The van der Waals surface area contributed by atoms with Gasteiger partial charge in [-0.1, -0.05) is 19.3 Å². The first kappa shape index (κ1) is 22.5. The third-order valence-electron chi connectivity index (χ3n) is 4.91. The number of rotatable bonds is 10. The molecule has 1 fully saturated rings. The third-order valence-corrected chi connectivity index (χ3v) is 6.11. The van der Waals surface area contributed by atoms with Crippen molar-refractivity contribution in [3.63, 3.8) is 0 Å². The molecule has 0 aliphatic heterocycles. The molecule has 1 aliphatic rings. The number of ether oxygens (including phenoxy) is 2. The molecule has 0 heterocycles. The maximum atomic E-state index is 12.2. The monoisotopic (exact) mass is 412 g/mol. The van der Waals surface area contributed by atoms with Gasteiger partial charge in [-0.25, -0.2) is 8.42 Å². The van der Waals surface area contributed by atoms with Crippen LogP contribution in [0.5, 0.6) is 5.75 Å². The normalized spacial score (nSPS) is 16.4. The molecule has 1 saturated carbocycles. The minimum atomic E-state index is -3.31. The van der Waals surface area contributed by atoms with Gasteiger partial charge in [0, 0.05) is 20.2 Å². The zero-order valence-corrected chi connectivity index (χ0v) is 17.8. The number of anilines is 1. The largest absolute Gasteiger partial charge is 0.481 e. The van der Waals surface area contributed by atoms with Crippen molar-refractivity contribution >= 4 is 21.6 Å². The summed E-state index contributed by atoms with van der Waals surface area (Å²) in [5.41, 5.74) is 0.532. The minimum Gasteiger partial charge on any atom is -0.481 e. The highest BCUT2D eigenvalue weighted by Gasteiger charge is 2.16. The molecular formula is C20H32N2O5S. The van der Waals surface area contributed by atoms with Gasteiger partial charge < -0.3 is 14.8 Å². The standard InChI is InChI=1S/C20H32N2O5S/c1-16(20(23)21-14-7-15-26-18-8-5-4-6-9-18)27-19-12-10-17(11-13-19)22(2)28(3,24)25/h10-13,16,18H,4-9,14-15H2,1-3H3,(H,21,23)/t16-/m0/s1. The summed E-state index contributed by atoms with van der Waals surface area (Å²) in [6.45, 7) is 2.90. The van der Waals surface area contributed by atoms with Gasteiger partial charge in [-0.05, 0) is 50.5 Å². The second kappa shape index (κ2) is 10.7. The van der Waals surface area contributed by atoms with Crippen LogP contribution < -0.4 is 14.4 Å². The van der Waals surface area contributed by atoms with Crippen LogP contribution in [-0.2, 0) is 19.6 Å².